The van der Waals surface area contributed by atoms with Gasteiger partial charge in [0.1, 0.15) is 11.5 Å². The highest BCUT2D eigenvalue weighted by Gasteiger charge is 2.24. The maximum atomic E-state index is 11.2. The molecule has 3 aromatic heterocycles. The average molecular weight is 421 g/mol. The molecule has 5 rings (SSSR count). The zero-order chi connectivity index (χ0) is 21.6. The van der Waals surface area contributed by atoms with Gasteiger partial charge in [0.2, 0.25) is 5.91 Å². The van der Waals surface area contributed by atoms with Crippen molar-refractivity contribution in [1.82, 2.24) is 25.0 Å². The number of hydrogen-bond acceptors (Lipinski definition) is 5. The number of nitrogens with zero attached hydrogens (tertiary/aromatic N) is 4. The summed E-state index contributed by atoms with van der Waals surface area (Å²) >= 11 is 0. The molecule has 0 bridgehead atoms. The number of aromatic nitrogens is 3. The predicted molar refractivity (Wildman–Crippen MR) is 123 cm³/mol. The first kappa shape index (κ1) is 21.3. The van der Waals surface area contributed by atoms with Crippen LogP contribution in [0.1, 0.15) is 43.1 Å². The molecular weight excluding hydrogens is 388 g/mol. The summed E-state index contributed by atoms with van der Waals surface area (Å²) in [5, 5.41) is 6.13. The Hall–Kier alpha value is -2.93. The fourth-order valence-electron chi connectivity index (χ4n) is 4.48. The highest BCUT2D eigenvalue weighted by Crippen LogP contribution is 2.22. The van der Waals surface area contributed by atoms with Crippen molar-refractivity contribution in [2.24, 2.45) is 0 Å². The van der Waals surface area contributed by atoms with Gasteiger partial charge in [0, 0.05) is 50.7 Å². The summed E-state index contributed by atoms with van der Waals surface area (Å²) in [4.78, 5) is 22.4. The Morgan fingerprint density at radius 2 is 2.06 bits per heavy atom. The van der Waals surface area contributed by atoms with Gasteiger partial charge in [0.25, 0.3) is 0 Å². The van der Waals surface area contributed by atoms with Crippen LogP contribution >= 0.6 is 0 Å². The molecule has 1 aliphatic heterocycles. The van der Waals surface area contributed by atoms with Gasteiger partial charge < -0.3 is 15.5 Å². The summed E-state index contributed by atoms with van der Waals surface area (Å²) in [7, 11) is 1.92. The normalized spacial score (nSPS) is 17.7. The second-order valence-corrected chi connectivity index (χ2v) is 8.32. The lowest BCUT2D eigenvalue weighted by atomic mass is 9.96. The van der Waals surface area contributed by atoms with Crippen LogP contribution < -0.4 is 15.5 Å². The van der Waals surface area contributed by atoms with E-state index in [0.29, 0.717) is 0 Å². The topological polar surface area (TPSA) is 74.6 Å². The van der Waals surface area contributed by atoms with Crippen molar-refractivity contribution in [3.8, 4) is 0 Å². The van der Waals surface area contributed by atoms with Crippen LogP contribution in [0.15, 0.2) is 42.7 Å². The summed E-state index contributed by atoms with van der Waals surface area (Å²) in [6.45, 7) is 4.13. The van der Waals surface area contributed by atoms with Crippen molar-refractivity contribution in [2.45, 2.75) is 51.6 Å². The molecule has 4 heterocycles. The van der Waals surface area contributed by atoms with Crippen LogP contribution in [0.2, 0.25) is 0 Å². The Labute approximate surface area is 183 Å². The number of pyridine rings is 2. The Kier molecular flexibility index (Phi) is 6.82. The van der Waals surface area contributed by atoms with Gasteiger partial charge in [-0.3, -0.25) is 14.2 Å². The SMILES string of the molecule is CNCc1cn2c(N3CCC(NC(C)=O)C3)cccc2n1.c1cnc2c(c1)CCCC2. The molecule has 0 spiro atoms. The molecule has 2 aliphatic rings. The molecule has 1 unspecified atom stereocenters. The first-order valence-electron chi connectivity index (χ1n) is 11.2. The molecule has 7 nitrogen and oxygen atoms in total. The molecule has 0 saturated carbocycles. The van der Waals surface area contributed by atoms with E-state index in [9.17, 15) is 4.79 Å². The maximum Gasteiger partial charge on any atom is 0.217 e. The van der Waals surface area contributed by atoms with Gasteiger partial charge in [0.05, 0.1) is 5.69 Å². The van der Waals surface area contributed by atoms with E-state index in [4.69, 9.17) is 0 Å². The number of rotatable bonds is 4. The minimum absolute atomic E-state index is 0.0407. The monoisotopic (exact) mass is 420 g/mol. The highest BCUT2D eigenvalue weighted by molar-refractivity contribution is 5.73. The number of anilines is 1. The lowest BCUT2D eigenvalue weighted by Gasteiger charge is -2.20. The molecule has 1 atom stereocenters. The van der Waals surface area contributed by atoms with Crippen LogP contribution in [-0.2, 0) is 24.2 Å². The van der Waals surface area contributed by atoms with E-state index in [-0.39, 0.29) is 11.9 Å². The van der Waals surface area contributed by atoms with Crippen molar-refractivity contribution in [2.75, 3.05) is 25.0 Å². The molecule has 0 radical (unpaired) electrons. The van der Waals surface area contributed by atoms with Crippen LogP contribution in [0.25, 0.3) is 5.65 Å². The lowest BCUT2D eigenvalue weighted by Crippen LogP contribution is -2.35. The van der Waals surface area contributed by atoms with Crippen LogP contribution in [0.3, 0.4) is 0 Å². The van der Waals surface area contributed by atoms with Crippen LogP contribution in [0.4, 0.5) is 5.82 Å². The van der Waals surface area contributed by atoms with Gasteiger partial charge in [-0.05, 0) is 62.9 Å². The van der Waals surface area contributed by atoms with E-state index in [1.54, 1.807) is 6.92 Å². The fourth-order valence-corrected chi connectivity index (χ4v) is 4.48. The Morgan fingerprint density at radius 3 is 2.87 bits per heavy atom. The van der Waals surface area contributed by atoms with Gasteiger partial charge in [-0.15, -0.1) is 0 Å². The number of nitrogens with one attached hydrogen (secondary N) is 2. The predicted octanol–water partition coefficient (Wildman–Crippen LogP) is 2.73. The van der Waals surface area contributed by atoms with Gasteiger partial charge in [-0.1, -0.05) is 12.1 Å². The Bertz CT molecular complexity index is 1000. The molecule has 1 fully saturated rings. The van der Waals surface area contributed by atoms with Gasteiger partial charge >= 0.3 is 0 Å². The molecule has 3 aromatic rings. The number of hydrogen-bond donors (Lipinski definition) is 2. The largest absolute Gasteiger partial charge is 0.356 e. The summed E-state index contributed by atoms with van der Waals surface area (Å²) in [6.07, 6.45) is 10.0. The molecular formula is C24H32N6O. The summed E-state index contributed by atoms with van der Waals surface area (Å²) in [5.41, 5.74) is 4.78. The summed E-state index contributed by atoms with van der Waals surface area (Å²) in [5.74, 6) is 1.18. The van der Waals surface area contributed by atoms with Crippen molar-refractivity contribution in [3.05, 3.63) is 59.7 Å². The second-order valence-electron chi connectivity index (χ2n) is 8.32. The van der Waals surface area contributed by atoms with Crippen molar-refractivity contribution < 1.29 is 4.79 Å². The standard InChI is InChI=1S/C15H21N5O.C9H11N/c1-11(21)17-12-6-7-19(9-12)15-5-3-4-14-18-13(8-16-2)10-20(14)15;1-2-6-9-8(4-1)5-3-7-10-9/h3-5,10,12,16H,6-9H2,1-2H3,(H,17,21);3,5,7H,1-2,4,6H2. The van der Waals surface area contributed by atoms with Gasteiger partial charge in [-0.25, -0.2) is 4.98 Å². The third-order valence-corrected chi connectivity index (χ3v) is 5.89. The first-order valence-corrected chi connectivity index (χ1v) is 11.2. The highest BCUT2D eigenvalue weighted by atomic mass is 16.1. The average Bonchev–Trinajstić information content (AvgIpc) is 3.40. The van der Waals surface area contributed by atoms with E-state index >= 15 is 0 Å². The molecule has 31 heavy (non-hydrogen) atoms. The van der Waals surface area contributed by atoms with Gasteiger partial charge in [0.15, 0.2) is 0 Å². The zero-order valence-electron chi connectivity index (χ0n) is 18.5. The number of aryl methyl sites for hydroxylation is 2. The summed E-state index contributed by atoms with van der Waals surface area (Å²) in [6, 6.07) is 10.6. The molecule has 164 valence electrons. The molecule has 0 aromatic carbocycles. The quantitative estimate of drug-likeness (QED) is 0.679. The number of fused-ring (bicyclic) bond motifs is 2. The Morgan fingerprint density at radius 1 is 1.19 bits per heavy atom. The molecule has 2 N–H and O–H groups in total. The minimum atomic E-state index is 0.0407. The number of imidazole rings is 1. The Balaban J connectivity index is 0.000000192. The van der Waals surface area contributed by atoms with Gasteiger partial charge in [-0.2, -0.15) is 0 Å². The van der Waals surface area contributed by atoms with E-state index in [0.717, 1.165) is 43.2 Å². The van der Waals surface area contributed by atoms with Crippen molar-refractivity contribution >= 4 is 17.4 Å². The third-order valence-electron chi connectivity index (χ3n) is 5.89. The number of amides is 1. The molecule has 7 heteroatoms. The third kappa shape index (κ3) is 5.22. The smallest absolute Gasteiger partial charge is 0.217 e. The zero-order valence-corrected chi connectivity index (χ0v) is 18.5. The van der Waals surface area contributed by atoms with Crippen molar-refractivity contribution in [1.29, 1.82) is 0 Å². The number of carbonyl (C=O) groups excluding carboxylic acids is 1. The number of carbonyl (C=O) groups is 1. The maximum absolute atomic E-state index is 11.2. The summed E-state index contributed by atoms with van der Waals surface area (Å²) < 4.78 is 2.13. The van der Waals surface area contributed by atoms with E-state index in [1.165, 1.54) is 36.9 Å². The van der Waals surface area contributed by atoms with E-state index in [1.807, 2.05) is 31.4 Å². The molecule has 1 saturated heterocycles. The van der Waals surface area contributed by atoms with E-state index in [2.05, 4.69) is 48.2 Å². The van der Waals surface area contributed by atoms with Crippen LogP contribution in [0.5, 0.6) is 0 Å². The van der Waals surface area contributed by atoms with Crippen LogP contribution in [-0.4, -0.2) is 46.5 Å². The van der Waals surface area contributed by atoms with E-state index < -0.39 is 0 Å². The lowest BCUT2D eigenvalue weighted by molar-refractivity contribution is -0.119. The minimum Gasteiger partial charge on any atom is -0.356 e. The second kappa shape index (κ2) is 9.92. The first-order chi connectivity index (χ1) is 15.1. The molecule has 1 aliphatic carbocycles. The molecule has 1 amide bonds. The van der Waals surface area contributed by atoms with Crippen molar-refractivity contribution in [3.63, 3.8) is 0 Å². The van der Waals surface area contributed by atoms with Crippen LogP contribution in [0, 0.1) is 0 Å². The fraction of sp³-hybridized carbons (Fsp3) is 0.458.